The van der Waals surface area contributed by atoms with Gasteiger partial charge in [-0.15, -0.1) is 0 Å². The van der Waals surface area contributed by atoms with Gasteiger partial charge >= 0.3 is 0 Å². The lowest BCUT2D eigenvalue weighted by molar-refractivity contribution is 0.104. The van der Waals surface area contributed by atoms with Crippen LogP contribution in [0.5, 0.6) is 0 Å². The molecule has 0 unspecified atom stereocenters. The maximum atomic E-state index is 16.2. The minimum atomic E-state index is -0.704. The zero-order chi connectivity index (χ0) is 56.0. The molecular formula is C81H62O. The Balaban J connectivity index is 1.02. The Labute approximate surface area is 482 Å². The fraction of sp³-hybridized carbons (Fsp3) is 0.173. The predicted molar refractivity (Wildman–Crippen MR) is 338 cm³/mol. The third-order valence-corrected chi connectivity index (χ3v) is 18.8. The lowest BCUT2D eigenvalue weighted by Gasteiger charge is -2.48. The molecule has 0 amide bonds. The molecule has 11 aromatic rings. The van der Waals surface area contributed by atoms with Gasteiger partial charge in [-0.3, -0.25) is 4.79 Å². The molecule has 4 bridgehead atoms. The van der Waals surface area contributed by atoms with E-state index in [4.69, 9.17) is 0 Å². The molecule has 0 saturated carbocycles. The molecule has 0 atom stereocenters. The molecule has 6 aliphatic rings. The largest absolute Gasteiger partial charge is 0.289 e. The average molecular weight is 1050 g/mol. The molecule has 0 radical (unpaired) electrons. The first-order valence-corrected chi connectivity index (χ1v) is 29.1. The van der Waals surface area contributed by atoms with Crippen LogP contribution in [-0.4, -0.2) is 5.78 Å². The highest BCUT2D eigenvalue weighted by atomic mass is 16.1. The number of benzene rings is 11. The van der Waals surface area contributed by atoms with Gasteiger partial charge < -0.3 is 0 Å². The van der Waals surface area contributed by atoms with E-state index < -0.39 is 10.8 Å². The van der Waals surface area contributed by atoms with Crippen LogP contribution in [0, 0.1) is 37.5 Å². The second-order valence-electron chi connectivity index (χ2n) is 25.6. The monoisotopic (exact) mass is 1050 g/mol. The number of ketones is 1. The Morgan fingerprint density at radius 1 is 0.366 bits per heavy atom. The van der Waals surface area contributed by atoms with Gasteiger partial charge in [-0.1, -0.05) is 259 Å². The van der Waals surface area contributed by atoms with E-state index in [0.717, 1.165) is 38.2 Å². The average Bonchev–Trinajstić information content (AvgIpc) is 2.17. The van der Waals surface area contributed by atoms with Gasteiger partial charge in [0.15, 0.2) is 5.78 Å². The topological polar surface area (TPSA) is 17.1 Å². The molecule has 0 aliphatic heterocycles. The first-order valence-electron chi connectivity index (χ1n) is 29.1. The number of hydrogen-bond acceptors (Lipinski definition) is 1. The molecule has 17 rings (SSSR count). The summed E-state index contributed by atoms with van der Waals surface area (Å²) < 4.78 is 0. The summed E-state index contributed by atoms with van der Waals surface area (Å²) in [6, 6.07) is 79.8. The van der Waals surface area contributed by atoms with E-state index in [-0.39, 0.29) is 28.4 Å². The van der Waals surface area contributed by atoms with Crippen molar-refractivity contribution in [2.75, 3.05) is 0 Å². The zero-order valence-electron chi connectivity index (χ0n) is 47.8. The lowest BCUT2D eigenvalue weighted by atomic mass is 9.53. The highest BCUT2D eigenvalue weighted by Gasteiger charge is 2.52. The Hall–Kier alpha value is -9.27. The van der Waals surface area contributed by atoms with E-state index in [9.17, 15) is 0 Å². The summed E-state index contributed by atoms with van der Waals surface area (Å²) in [6.07, 6.45) is 0. The second kappa shape index (κ2) is 17.9. The van der Waals surface area contributed by atoms with Crippen LogP contribution in [0.1, 0.15) is 169 Å². The fourth-order valence-electron chi connectivity index (χ4n) is 15.1. The molecule has 1 heteroatoms. The molecule has 82 heavy (non-hydrogen) atoms. The molecular weight excluding hydrogens is 989 g/mol. The summed E-state index contributed by atoms with van der Waals surface area (Å²) in [4.78, 5) is 16.2. The van der Waals surface area contributed by atoms with Crippen LogP contribution < -0.4 is 0 Å². The standard InChI is InChI=1S/C81H62O/c1-49-45-55(79(6,7)8)46-50(2)72(49)75-56-39-33-51(41-43-80-66-27-15-9-21-58(66)73(59-22-10-16-28-67(59)80)60-23-11-17-29-68(60)80)47-64(56)76(77(82)53-35-37-54(38-36-53)78(3,4)5)65-48-52(34-40-57(65)75)42-44-81-69-30-18-12-24-61(69)74(62-25-13-19-31-70(62)81)63-26-14-20-32-71(63)81/h9-40,45-48,73-74H,1-8H3. The maximum Gasteiger partial charge on any atom is 0.194 e. The Morgan fingerprint density at radius 2 is 0.695 bits per heavy atom. The van der Waals surface area contributed by atoms with Crippen molar-refractivity contribution < 1.29 is 4.79 Å². The fourth-order valence-corrected chi connectivity index (χ4v) is 15.1. The minimum Gasteiger partial charge on any atom is -0.289 e. The molecule has 11 aromatic carbocycles. The van der Waals surface area contributed by atoms with E-state index in [0.29, 0.717) is 11.1 Å². The van der Waals surface area contributed by atoms with Crippen LogP contribution in [0.2, 0.25) is 0 Å². The molecule has 6 aliphatic carbocycles. The van der Waals surface area contributed by atoms with Gasteiger partial charge in [0.2, 0.25) is 0 Å². The van der Waals surface area contributed by atoms with E-state index in [1.165, 1.54) is 94.6 Å². The van der Waals surface area contributed by atoms with Crippen LogP contribution >= 0.6 is 0 Å². The van der Waals surface area contributed by atoms with Gasteiger partial charge in [0.25, 0.3) is 0 Å². The summed E-state index contributed by atoms with van der Waals surface area (Å²) >= 11 is 0. The van der Waals surface area contributed by atoms with E-state index >= 15 is 4.79 Å². The number of rotatable bonds is 3. The van der Waals surface area contributed by atoms with Crippen LogP contribution in [0.4, 0.5) is 0 Å². The van der Waals surface area contributed by atoms with Gasteiger partial charge in [-0.25, -0.2) is 0 Å². The van der Waals surface area contributed by atoms with Crippen molar-refractivity contribution in [3.63, 3.8) is 0 Å². The summed E-state index contributed by atoms with van der Waals surface area (Å²) in [6.45, 7) is 18.0. The summed E-state index contributed by atoms with van der Waals surface area (Å²) in [5.74, 6) is 16.0. The SMILES string of the molecule is Cc1cc(C(C)(C)C)cc(C)c1-c1c2ccc(C#CC34c5ccccc5C(c5ccccc53)c3ccccc34)cc2c(C(=O)c2ccc(C(C)(C)C)cc2)c2cc(C#CC34c5ccccc5C(c5ccccc53)c3ccccc34)ccc12. The maximum absolute atomic E-state index is 16.2. The van der Waals surface area contributed by atoms with Crippen molar-refractivity contribution in [3.8, 4) is 34.8 Å². The second-order valence-corrected chi connectivity index (χ2v) is 25.6. The molecule has 0 spiro atoms. The molecule has 0 fully saturated rings. The van der Waals surface area contributed by atoms with Crippen LogP contribution in [0.15, 0.2) is 218 Å². The zero-order valence-corrected chi connectivity index (χ0v) is 47.8. The van der Waals surface area contributed by atoms with Gasteiger partial charge in [0.05, 0.1) is 0 Å². The number of hydrogen-bond donors (Lipinski definition) is 0. The van der Waals surface area contributed by atoms with Gasteiger partial charge in [-0.2, -0.15) is 0 Å². The number of carbonyl (C=O) groups excluding carboxylic acids is 1. The summed E-state index contributed by atoms with van der Waals surface area (Å²) in [7, 11) is 0. The van der Waals surface area contributed by atoms with Crippen molar-refractivity contribution in [1.29, 1.82) is 0 Å². The Kier molecular flexibility index (Phi) is 10.8. The minimum absolute atomic E-state index is 0.0318. The third kappa shape index (κ3) is 7.06. The molecule has 0 N–H and O–H groups in total. The van der Waals surface area contributed by atoms with Crippen molar-refractivity contribution in [2.24, 2.45) is 0 Å². The normalized spacial score (nSPS) is 18.4. The third-order valence-electron chi connectivity index (χ3n) is 18.8. The van der Waals surface area contributed by atoms with Crippen LogP contribution in [0.3, 0.4) is 0 Å². The quantitative estimate of drug-likeness (QED) is 0.0979. The highest BCUT2D eigenvalue weighted by molar-refractivity contribution is 6.29. The predicted octanol–water partition coefficient (Wildman–Crippen LogP) is 18.5. The Bertz CT molecular complexity index is 4230. The first-order chi connectivity index (χ1) is 39.7. The first kappa shape index (κ1) is 49.7. The van der Waals surface area contributed by atoms with Gasteiger partial charge in [0.1, 0.15) is 10.8 Å². The molecule has 1 nitrogen and oxygen atoms in total. The highest BCUT2D eigenvalue weighted by Crippen LogP contribution is 2.60. The summed E-state index contributed by atoms with van der Waals surface area (Å²) in [5.41, 5.74) is 23.9. The molecule has 392 valence electrons. The summed E-state index contributed by atoms with van der Waals surface area (Å²) in [5, 5.41) is 3.77. The van der Waals surface area contributed by atoms with Crippen molar-refractivity contribution in [3.05, 3.63) is 330 Å². The van der Waals surface area contributed by atoms with E-state index in [1.807, 2.05) is 12.1 Å². The van der Waals surface area contributed by atoms with Crippen molar-refractivity contribution in [2.45, 2.75) is 88.9 Å². The van der Waals surface area contributed by atoms with Crippen LogP contribution in [-0.2, 0) is 21.7 Å². The lowest BCUT2D eigenvalue weighted by Crippen LogP contribution is -2.41. The van der Waals surface area contributed by atoms with Crippen molar-refractivity contribution in [1.82, 2.24) is 0 Å². The molecule has 0 saturated heterocycles. The molecule has 0 heterocycles. The van der Waals surface area contributed by atoms with Crippen LogP contribution in [0.25, 0.3) is 32.7 Å². The molecule has 0 aromatic heterocycles. The van der Waals surface area contributed by atoms with E-state index in [2.05, 4.69) is 285 Å². The van der Waals surface area contributed by atoms with Gasteiger partial charge in [-0.05, 0) is 171 Å². The van der Waals surface area contributed by atoms with Gasteiger partial charge in [0, 0.05) is 34.1 Å². The Morgan fingerprint density at radius 3 is 1.02 bits per heavy atom. The smallest absolute Gasteiger partial charge is 0.194 e. The number of fused-ring (bicyclic) bond motifs is 2. The van der Waals surface area contributed by atoms with E-state index in [1.54, 1.807) is 0 Å². The van der Waals surface area contributed by atoms with Crippen molar-refractivity contribution >= 4 is 27.3 Å². The number of aryl methyl sites for hydroxylation is 2. The number of carbonyl (C=O) groups is 1.